The zero-order chi connectivity index (χ0) is 9.68. The van der Waals surface area contributed by atoms with Gasteiger partial charge in [0.25, 0.3) is 5.91 Å². The third-order valence-electron chi connectivity index (χ3n) is 1.53. The highest BCUT2D eigenvalue weighted by Gasteiger charge is 2.08. The van der Waals surface area contributed by atoms with Gasteiger partial charge >= 0.3 is 0 Å². The molecule has 0 spiro atoms. The standard InChI is InChI=1S/C8H12N2O2S/c1-12-4-3-10-8(11)6-2-5-13-7(6)9/h2,5H,3-4,9H2,1H3,(H,10,11). The minimum Gasteiger partial charge on any atom is -0.390 e. The molecule has 0 aliphatic heterocycles. The van der Waals surface area contributed by atoms with Gasteiger partial charge in [0.2, 0.25) is 0 Å². The lowest BCUT2D eigenvalue weighted by molar-refractivity contribution is 0.0938. The Morgan fingerprint density at radius 2 is 2.54 bits per heavy atom. The molecule has 0 aliphatic carbocycles. The summed E-state index contributed by atoms with van der Waals surface area (Å²) in [6.07, 6.45) is 0. The van der Waals surface area contributed by atoms with Gasteiger partial charge in [-0.05, 0) is 11.4 Å². The van der Waals surface area contributed by atoms with Crippen LogP contribution in [0.5, 0.6) is 0 Å². The van der Waals surface area contributed by atoms with Crippen LogP contribution in [0.1, 0.15) is 10.4 Å². The molecule has 1 aromatic rings. The molecule has 1 amide bonds. The number of thiophene rings is 1. The first-order valence-electron chi connectivity index (χ1n) is 3.86. The van der Waals surface area contributed by atoms with E-state index in [9.17, 15) is 4.79 Å². The topological polar surface area (TPSA) is 64.3 Å². The summed E-state index contributed by atoms with van der Waals surface area (Å²) in [4.78, 5) is 11.4. The van der Waals surface area contributed by atoms with Crippen LogP contribution in [0.25, 0.3) is 0 Å². The predicted molar refractivity (Wildman–Crippen MR) is 52.9 cm³/mol. The molecule has 0 bridgehead atoms. The summed E-state index contributed by atoms with van der Waals surface area (Å²) >= 11 is 1.36. The van der Waals surface area contributed by atoms with Crippen molar-refractivity contribution in [3.63, 3.8) is 0 Å². The van der Waals surface area contributed by atoms with E-state index in [0.29, 0.717) is 23.7 Å². The summed E-state index contributed by atoms with van der Waals surface area (Å²) in [5.41, 5.74) is 6.11. The van der Waals surface area contributed by atoms with Crippen molar-refractivity contribution >= 4 is 22.2 Å². The van der Waals surface area contributed by atoms with E-state index in [1.807, 2.05) is 0 Å². The first kappa shape index (κ1) is 10.0. The van der Waals surface area contributed by atoms with Gasteiger partial charge in [0.1, 0.15) is 0 Å². The second kappa shape index (κ2) is 4.84. The van der Waals surface area contributed by atoms with Crippen LogP contribution in [0.2, 0.25) is 0 Å². The van der Waals surface area contributed by atoms with Gasteiger partial charge in [0.05, 0.1) is 17.2 Å². The van der Waals surface area contributed by atoms with Crippen molar-refractivity contribution in [1.29, 1.82) is 0 Å². The van der Waals surface area contributed by atoms with E-state index in [1.165, 1.54) is 11.3 Å². The van der Waals surface area contributed by atoms with E-state index in [-0.39, 0.29) is 5.91 Å². The molecule has 72 valence electrons. The monoisotopic (exact) mass is 200 g/mol. The summed E-state index contributed by atoms with van der Waals surface area (Å²) in [5.74, 6) is -0.143. The van der Waals surface area contributed by atoms with Crippen LogP contribution in [0.3, 0.4) is 0 Å². The Balaban J connectivity index is 2.45. The summed E-state index contributed by atoms with van der Waals surface area (Å²) < 4.78 is 4.80. The average Bonchev–Trinajstić information content (AvgIpc) is 2.52. The molecular weight excluding hydrogens is 188 g/mol. The van der Waals surface area contributed by atoms with Crippen LogP contribution in [-0.2, 0) is 4.74 Å². The van der Waals surface area contributed by atoms with Crippen LogP contribution in [0.15, 0.2) is 11.4 Å². The summed E-state index contributed by atoms with van der Waals surface area (Å²) in [7, 11) is 1.59. The van der Waals surface area contributed by atoms with E-state index in [4.69, 9.17) is 10.5 Å². The molecular formula is C8H12N2O2S. The van der Waals surface area contributed by atoms with Crippen LogP contribution in [0, 0.1) is 0 Å². The summed E-state index contributed by atoms with van der Waals surface area (Å²) in [5, 5.41) is 5.03. The zero-order valence-corrected chi connectivity index (χ0v) is 8.19. The predicted octanol–water partition coefficient (Wildman–Crippen LogP) is 0.707. The van der Waals surface area contributed by atoms with Crippen molar-refractivity contribution in [2.75, 3.05) is 26.0 Å². The molecule has 0 fully saturated rings. The van der Waals surface area contributed by atoms with E-state index in [2.05, 4.69) is 5.32 Å². The molecule has 0 aromatic carbocycles. The van der Waals surface area contributed by atoms with Crippen molar-refractivity contribution in [3.05, 3.63) is 17.0 Å². The molecule has 1 rings (SSSR count). The molecule has 0 saturated heterocycles. The maximum Gasteiger partial charge on any atom is 0.254 e. The number of nitrogens with two attached hydrogens (primary N) is 1. The summed E-state index contributed by atoms with van der Waals surface area (Å²) in [6.45, 7) is 1.01. The molecule has 0 aliphatic rings. The third-order valence-corrected chi connectivity index (χ3v) is 2.28. The number of rotatable bonds is 4. The Morgan fingerprint density at radius 1 is 1.77 bits per heavy atom. The van der Waals surface area contributed by atoms with Crippen LogP contribution < -0.4 is 11.1 Å². The molecule has 0 atom stereocenters. The van der Waals surface area contributed by atoms with Crippen molar-refractivity contribution in [2.24, 2.45) is 0 Å². The van der Waals surface area contributed by atoms with Crippen molar-refractivity contribution < 1.29 is 9.53 Å². The number of nitrogen functional groups attached to an aromatic ring is 1. The van der Waals surface area contributed by atoms with Crippen LogP contribution in [0.4, 0.5) is 5.00 Å². The number of hydrogen-bond acceptors (Lipinski definition) is 4. The van der Waals surface area contributed by atoms with Gasteiger partial charge in [-0.3, -0.25) is 4.79 Å². The minimum absolute atomic E-state index is 0.143. The lowest BCUT2D eigenvalue weighted by Crippen LogP contribution is -2.27. The maximum atomic E-state index is 11.4. The molecule has 0 unspecified atom stereocenters. The smallest absolute Gasteiger partial charge is 0.254 e. The number of hydrogen-bond donors (Lipinski definition) is 2. The highest BCUT2D eigenvalue weighted by atomic mass is 32.1. The van der Waals surface area contributed by atoms with Gasteiger partial charge in [-0.1, -0.05) is 0 Å². The van der Waals surface area contributed by atoms with E-state index in [1.54, 1.807) is 18.6 Å². The van der Waals surface area contributed by atoms with Gasteiger partial charge in [-0.2, -0.15) is 0 Å². The Kier molecular flexibility index (Phi) is 3.72. The van der Waals surface area contributed by atoms with E-state index >= 15 is 0 Å². The SMILES string of the molecule is COCCNC(=O)c1ccsc1N. The van der Waals surface area contributed by atoms with Crippen molar-refractivity contribution in [3.8, 4) is 0 Å². The van der Waals surface area contributed by atoms with Gasteiger partial charge in [-0.15, -0.1) is 11.3 Å². The van der Waals surface area contributed by atoms with Crippen molar-refractivity contribution in [1.82, 2.24) is 5.32 Å². The van der Waals surface area contributed by atoms with E-state index < -0.39 is 0 Å². The highest BCUT2D eigenvalue weighted by Crippen LogP contribution is 2.18. The highest BCUT2D eigenvalue weighted by molar-refractivity contribution is 7.14. The molecule has 0 saturated carbocycles. The number of carbonyl (C=O) groups is 1. The lowest BCUT2D eigenvalue weighted by Gasteiger charge is -2.02. The molecule has 3 N–H and O–H groups in total. The number of anilines is 1. The van der Waals surface area contributed by atoms with Gasteiger partial charge in [0.15, 0.2) is 0 Å². The van der Waals surface area contributed by atoms with Crippen LogP contribution >= 0.6 is 11.3 Å². The molecule has 13 heavy (non-hydrogen) atoms. The normalized spacial score (nSPS) is 9.92. The van der Waals surface area contributed by atoms with Crippen LogP contribution in [-0.4, -0.2) is 26.2 Å². The third kappa shape index (κ3) is 2.71. The maximum absolute atomic E-state index is 11.4. The molecule has 1 aromatic heterocycles. The fourth-order valence-corrected chi connectivity index (χ4v) is 1.51. The molecule has 5 heteroatoms. The zero-order valence-electron chi connectivity index (χ0n) is 7.37. The number of nitrogens with one attached hydrogen (secondary N) is 1. The first-order chi connectivity index (χ1) is 6.25. The molecule has 1 heterocycles. The largest absolute Gasteiger partial charge is 0.390 e. The second-order valence-electron chi connectivity index (χ2n) is 2.45. The van der Waals surface area contributed by atoms with E-state index in [0.717, 1.165) is 0 Å². The molecule has 0 radical (unpaired) electrons. The number of amides is 1. The Hall–Kier alpha value is -1.07. The number of methoxy groups -OCH3 is 1. The Morgan fingerprint density at radius 3 is 3.08 bits per heavy atom. The quantitative estimate of drug-likeness (QED) is 0.703. The van der Waals surface area contributed by atoms with Crippen molar-refractivity contribution in [2.45, 2.75) is 0 Å². The number of carbonyl (C=O) groups excluding carboxylic acids is 1. The first-order valence-corrected chi connectivity index (χ1v) is 4.73. The fraction of sp³-hybridized carbons (Fsp3) is 0.375. The molecule has 4 nitrogen and oxygen atoms in total. The van der Waals surface area contributed by atoms with Gasteiger partial charge in [0, 0.05) is 13.7 Å². The second-order valence-corrected chi connectivity index (χ2v) is 3.39. The Bertz CT molecular complexity index is 285. The average molecular weight is 200 g/mol. The fourth-order valence-electron chi connectivity index (χ4n) is 0.870. The Labute approximate surface area is 80.7 Å². The minimum atomic E-state index is -0.143. The summed E-state index contributed by atoms with van der Waals surface area (Å²) in [6, 6.07) is 1.71. The van der Waals surface area contributed by atoms with Gasteiger partial charge in [-0.25, -0.2) is 0 Å². The lowest BCUT2D eigenvalue weighted by atomic mass is 10.3. The number of ether oxygens (including phenoxy) is 1. The van der Waals surface area contributed by atoms with Gasteiger partial charge < -0.3 is 15.8 Å².